The summed E-state index contributed by atoms with van der Waals surface area (Å²) in [6.45, 7) is 39.3. The van der Waals surface area contributed by atoms with Gasteiger partial charge in [-0.2, -0.15) is 0 Å². The molecule has 7 aromatic carbocycles. The summed E-state index contributed by atoms with van der Waals surface area (Å²) in [6, 6.07) is 49.9. The second-order valence-electron chi connectivity index (χ2n) is 28.8. The number of aryl methyl sites for hydroxylation is 2. The minimum Gasteiger partial charge on any atom is -0.331 e. The first kappa shape index (κ1) is 46.5. The molecule has 2 aliphatic carbocycles. The Bertz CT molecular complexity index is 3820. The first-order valence-electron chi connectivity index (χ1n) is 28.1. The Kier molecular flexibility index (Phi) is 8.85. The molecule has 5 heterocycles. The zero-order valence-corrected chi connectivity index (χ0v) is 47.3. The van der Waals surface area contributed by atoms with Crippen LogP contribution in [0.25, 0.3) is 27.5 Å². The standard InChI is InChI=1S/C70H76BN3/c1-63(2,3)43-25-27-56-48(33-43)49-34-45(65(7,8)9)37-54-61(49)72(56)58-39-47(73-57-28-26-44(64(4,5)6)35-52(57)67(13)31-29-41-21-17-19-23-50(41)69(67,73)15)40-59-60(58)71(54)55-38-46(66(10,11)12)36-53-62(55)74(59)70(16)51-24-20-18-22-42(51)30-32-68(53,70)14/h17-28,33-40H,29-32H2,1-16H3. The molecule has 0 bridgehead atoms. The van der Waals surface area contributed by atoms with Gasteiger partial charge in [0.2, 0.25) is 0 Å². The van der Waals surface area contributed by atoms with E-state index in [0.29, 0.717) is 0 Å². The van der Waals surface area contributed by atoms with E-state index in [-0.39, 0.29) is 50.3 Å². The third-order valence-electron chi connectivity index (χ3n) is 20.8. The monoisotopic (exact) mass is 970 g/mol. The van der Waals surface area contributed by atoms with Crippen molar-refractivity contribution >= 4 is 67.7 Å². The van der Waals surface area contributed by atoms with E-state index in [0.717, 1.165) is 25.7 Å². The maximum absolute atomic E-state index is 2.94. The molecular formula is C70H76BN3. The number of fused-ring (bicyclic) bond motifs is 17. The summed E-state index contributed by atoms with van der Waals surface area (Å²) in [6.07, 6.45) is 4.33. The fourth-order valence-corrected chi connectivity index (χ4v) is 16.1. The Balaban J connectivity index is 1.18. The SMILES string of the molecule is CC(C)(C)c1ccc2c(c1)C1(C)CCc3ccccc3C1(C)N2c1cc2c3c(c1)-n1c4ccc(C(C)(C)C)cc4c4cc(C(C)(C)C)cc(c41)B3c1cc(C(C)(C)C)cc3c1N2C1(C)c2ccccc2CCC31C. The summed E-state index contributed by atoms with van der Waals surface area (Å²) in [5.41, 5.74) is 27.2. The van der Waals surface area contributed by atoms with Crippen molar-refractivity contribution in [2.45, 2.75) is 180 Å². The largest absolute Gasteiger partial charge is 0.331 e. The molecule has 0 radical (unpaired) electrons. The average molecular weight is 970 g/mol. The van der Waals surface area contributed by atoms with Gasteiger partial charge < -0.3 is 14.4 Å². The van der Waals surface area contributed by atoms with E-state index in [1.807, 2.05) is 0 Å². The molecule has 4 aliphatic heterocycles. The van der Waals surface area contributed by atoms with Crippen molar-refractivity contribution in [1.29, 1.82) is 0 Å². The molecule has 4 heteroatoms. The van der Waals surface area contributed by atoms with Crippen LogP contribution in [0.2, 0.25) is 0 Å². The average Bonchev–Trinajstić information content (AvgIpc) is 3.87. The van der Waals surface area contributed by atoms with Gasteiger partial charge in [0, 0.05) is 55.6 Å². The summed E-state index contributed by atoms with van der Waals surface area (Å²) in [5, 5.41) is 2.73. The Morgan fingerprint density at radius 1 is 0.432 bits per heavy atom. The van der Waals surface area contributed by atoms with Crippen molar-refractivity contribution in [2.24, 2.45) is 0 Å². The van der Waals surface area contributed by atoms with Gasteiger partial charge in [-0.05, 0) is 170 Å². The van der Waals surface area contributed by atoms with Gasteiger partial charge >= 0.3 is 0 Å². The van der Waals surface area contributed by atoms with E-state index in [1.54, 1.807) is 0 Å². The summed E-state index contributed by atoms with van der Waals surface area (Å²) >= 11 is 0. The third-order valence-corrected chi connectivity index (χ3v) is 20.8. The molecule has 374 valence electrons. The predicted molar refractivity (Wildman–Crippen MR) is 316 cm³/mol. The lowest BCUT2D eigenvalue weighted by atomic mass is 9.33. The molecule has 0 N–H and O–H groups in total. The van der Waals surface area contributed by atoms with Crippen LogP contribution in [0.15, 0.2) is 121 Å². The van der Waals surface area contributed by atoms with Gasteiger partial charge in [-0.15, -0.1) is 0 Å². The first-order chi connectivity index (χ1) is 34.7. The number of rotatable bonds is 1. The van der Waals surface area contributed by atoms with Crippen LogP contribution in [-0.4, -0.2) is 11.3 Å². The number of anilines is 4. The zero-order valence-electron chi connectivity index (χ0n) is 47.3. The molecule has 0 saturated heterocycles. The van der Waals surface area contributed by atoms with Crippen LogP contribution in [0.5, 0.6) is 0 Å². The topological polar surface area (TPSA) is 11.4 Å². The van der Waals surface area contributed by atoms with Crippen molar-refractivity contribution in [3.05, 3.63) is 177 Å². The van der Waals surface area contributed by atoms with Gasteiger partial charge in [0.1, 0.15) is 0 Å². The number of hydrogen-bond acceptors (Lipinski definition) is 2. The van der Waals surface area contributed by atoms with Gasteiger partial charge in [-0.25, -0.2) is 0 Å². The lowest BCUT2D eigenvalue weighted by Gasteiger charge is -2.54. The summed E-state index contributed by atoms with van der Waals surface area (Å²) in [4.78, 5) is 5.79. The molecule has 4 unspecified atom stereocenters. The van der Waals surface area contributed by atoms with E-state index in [1.165, 1.54) is 122 Å². The Morgan fingerprint density at radius 2 is 0.932 bits per heavy atom. The maximum atomic E-state index is 2.94. The van der Waals surface area contributed by atoms with Gasteiger partial charge in [0.25, 0.3) is 6.71 Å². The Morgan fingerprint density at radius 3 is 1.55 bits per heavy atom. The molecule has 74 heavy (non-hydrogen) atoms. The van der Waals surface area contributed by atoms with Gasteiger partial charge in [-0.3, -0.25) is 0 Å². The zero-order chi connectivity index (χ0) is 52.0. The van der Waals surface area contributed by atoms with Crippen LogP contribution < -0.4 is 26.2 Å². The fourth-order valence-electron chi connectivity index (χ4n) is 16.1. The minimum atomic E-state index is -0.370. The van der Waals surface area contributed by atoms with Crippen LogP contribution >= 0.6 is 0 Å². The van der Waals surface area contributed by atoms with E-state index < -0.39 is 0 Å². The normalized spacial score (nSPS) is 24.1. The molecule has 8 aromatic rings. The maximum Gasteiger partial charge on any atom is 0.252 e. The highest BCUT2D eigenvalue weighted by Crippen LogP contribution is 2.67. The number of nitrogens with zero attached hydrogens (tertiary/aromatic N) is 3. The minimum absolute atomic E-state index is 0.0000744. The van der Waals surface area contributed by atoms with Crippen molar-refractivity contribution in [2.75, 3.05) is 9.80 Å². The lowest BCUT2D eigenvalue weighted by Crippen LogP contribution is -2.63. The van der Waals surface area contributed by atoms with Gasteiger partial charge in [0.15, 0.2) is 0 Å². The Labute approximate surface area is 442 Å². The van der Waals surface area contributed by atoms with E-state index in [2.05, 4.69) is 246 Å². The summed E-state index contributed by atoms with van der Waals surface area (Å²) < 4.78 is 2.75. The third kappa shape index (κ3) is 5.56. The predicted octanol–water partition coefficient (Wildman–Crippen LogP) is 15.7. The number of aromatic nitrogens is 1. The smallest absolute Gasteiger partial charge is 0.252 e. The summed E-state index contributed by atoms with van der Waals surface area (Å²) in [5.74, 6) is 0. The molecule has 0 amide bonds. The van der Waals surface area contributed by atoms with E-state index >= 15 is 0 Å². The quantitative estimate of drug-likeness (QED) is 0.152. The molecule has 0 spiro atoms. The molecule has 0 saturated carbocycles. The van der Waals surface area contributed by atoms with Gasteiger partial charge in [0.05, 0.1) is 16.6 Å². The van der Waals surface area contributed by atoms with Crippen molar-refractivity contribution in [3.63, 3.8) is 0 Å². The van der Waals surface area contributed by atoms with Crippen molar-refractivity contribution < 1.29 is 0 Å². The van der Waals surface area contributed by atoms with Crippen molar-refractivity contribution in [3.8, 4) is 5.69 Å². The Hall–Kier alpha value is -6.00. The lowest BCUT2D eigenvalue weighted by molar-refractivity contribution is 0.244. The molecule has 14 rings (SSSR count). The highest BCUT2D eigenvalue weighted by molar-refractivity contribution is 7.00. The van der Waals surface area contributed by atoms with E-state index in [9.17, 15) is 0 Å². The molecule has 0 fully saturated rings. The first-order valence-corrected chi connectivity index (χ1v) is 28.1. The molecule has 3 nitrogen and oxygen atoms in total. The second kappa shape index (κ2) is 14.1. The molecule has 1 aromatic heterocycles. The fraction of sp³-hybridized carbons (Fsp3) is 0.400. The van der Waals surface area contributed by atoms with Crippen LogP contribution in [0, 0.1) is 0 Å². The second-order valence-corrected chi connectivity index (χ2v) is 28.8. The number of hydrogen-bond donors (Lipinski definition) is 0. The number of benzene rings is 7. The van der Waals surface area contributed by atoms with Crippen LogP contribution in [0.1, 0.15) is 179 Å². The van der Waals surface area contributed by atoms with E-state index in [4.69, 9.17) is 0 Å². The highest BCUT2D eigenvalue weighted by Gasteiger charge is 2.65. The summed E-state index contributed by atoms with van der Waals surface area (Å²) in [7, 11) is 0. The van der Waals surface area contributed by atoms with Crippen LogP contribution in [0.3, 0.4) is 0 Å². The van der Waals surface area contributed by atoms with Crippen molar-refractivity contribution in [1.82, 2.24) is 4.57 Å². The molecule has 6 aliphatic rings. The van der Waals surface area contributed by atoms with Crippen LogP contribution in [-0.2, 0) is 56.4 Å². The molecular weight excluding hydrogens is 894 g/mol. The highest BCUT2D eigenvalue weighted by atomic mass is 15.3. The van der Waals surface area contributed by atoms with Crippen LogP contribution in [0.4, 0.5) is 22.7 Å². The van der Waals surface area contributed by atoms with Gasteiger partial charge in [-0.1, -0.05) is 182 Å². The molecule has 4 atom stereocenters.